The number of carbonyl (C=O) groups excluding carboxylic acids is 1. The molecule has 1 amide bonds. The molecule has 1 aromatic rings. The average molecular weight is 279 g/mol. The van der Waals surface area contributed by atoms with Gasteiger partial charge in [-0.2, -0.15) is 0 Å². The molecule has 1 aliphatic heterocycles. The Bertz CT molecular complexity index is 480. The average Bonchev–Trinajstić information content (AvgIpc) is 3.07. The van der Waals surface area contributed by atoms with Crippen LogP contribution in [-0.2, 0) is 0 Å². The van der Waals surface area contributed by atoms with Gasteiger partial charge in [0.05, 0.1) is 6.10 Å². The fraction of sp³-hybridized carbons (Fsp3) is 0.714. The number of aliphatic hydroxyl groups is 1. The maximum Gasteiger partial charge on any atom is 0.276 e. The second kappa shape index (κ2) is 5.54. The maximum absolute atomic E-state index is 12.2. The highest BCUT2D eigenvalue weighted by atomic mass is 16.5. The number of rotatable bonds is 2. The van der Waals surface area contributed by atoms with E-state index < -0.39 is 0 Å². The molecule has 0 spiro atoms. The number of nitrogens with zero attached hydrogens (tertiary/aromatic N) is 3. The summed E-state index contributed by atoms with van der Waals surface area (Å²) in [6.07, 6.45) is 2.87. The molecule has 0 aromatic carbocycles. The van der Waals surface area contributed by atoms with E-state index in [0.717, 1.165) is 32.4 Å². The fourth-order valence-corrected chi connectivity index (χ4v) is 3.23. The van der Waals surface area contributed by atoms with Crippen LogP contribution in [0.25, 0.3) is 0 Å². The van der Waals surface area contributed by atoms with E-state index in [1.54, 1.807) is 13.0 Å². The minimum atomic E-state index is -0.199. The first kappa shape index (κ1) is 13.6. The van der Waals surface area contributed by atoms with Crippen molar-refractivity contribution >= 4 is 5.91 Å². The molecule has 110 valence electrons. The van der Waals surface area contributed by atoms with Crippen molar-refractivity contribution in [3.8, 4) is 0 Å². The Hall–Kier alpha value is -1.40. The first-order valence-corrected chi connectivity index (χ1v) is 7.30. The Morgan fingerprint density at radius 3 is 2.65 bits per heavy atom. The minimum Gasteiger partial charge on any atom is -0.391 e. The molecule has 0 unspecified atom stereocenters. The molecule has 2 fully saturated rings. The third-order valence-electron chi connectivity index (χ3n) is 4.36. The smallest absolute Gasteiger partial charge is 0.276 e. The Balaban J connectivity index is 1.57. The summed E-state index contributed by atoms with van der Waals surface area (Å²) >= 11 is 0. The van der Waals surface area contributed by atoms with Gasteiger partial charge in [-0.05, 0) is 26.2 Å². The number of hydrogen-bond donors (Lipinski definition) is 1. The van der Waals surface area contributed by atoms with Crippen LogP contribution in [0.1, 0.15) is 35.5 Å². The first-order valence-electron chi connectivity index (χ1n) is 7.30. The van der Waals surface area contributed by atoms with Crippen LogP contribution >= 0.6 is 0 Å². The molecule has 1 saturated carbocycles. The van der Waals surface area contributed by atoms with Gasteiger partial charge in [-0.25, -0.2) is 0 Å². The summed E-state index contributed by atoms with van der Waals surface area (Å²) in [5, 5.41) is 13.7. The highest BCUT2D eigenvalue weighted by molar-refractivity contribution is 5.92. The van der Waals surface area contributed by atoms with E-state index in [9.17, 15) is 9.90 Å². The van der Waals surface area contributed by atoms with Crippen molar-refractivity contribution in [2.45, 2.75) is 38.3 Å². The molecule has 1 aliphatic carbocycles. The number of aromatic nitrogens is 1. The lowest BCUT2D eigenvalue weighted by atomic mass is 10.1. The monoisotopic (exact) mass is 279 g/mol. The largest absolute Gasteiger partial charge is 0.391 e. The zero-order valence-electron chi connectivity index (χ0n) is 11.8. The number of hydrogen-bond acceptors (Lipinski definition) is 5. The van der Waals surface area contributed by atoms with Crippen LogP contribution in [-0.4, -0.2) is 64.3 Å². The van der Waals surface area contributed by atoms with Crippen molar-refractivity contribution in [3.05, 3.63) is 17.5 Å². The molecule has 6 heteroatoms. The van der Waals surface area contributed by atoms with E-state index in [1.165, 1.54) is 0 Å². The van der Waals surface area contributed by atoms with Crippen LogP contribution < -0.4 is 0 Å². The molecule has 2 heterocycles. The molecule has 2 atom stereocenters. The molecule has 6 nitrogen and oxygen atoms in total. The van der Waals surface area contributed by atoms with E-state index in [-0.39, 0.29) is 18.1 Å². The molecule has 0 bridgehead atoms. The summed E-state index contributed by atoms with van der Waals surface area (Å²) in [5.74, 6) is 0.592. The normalized spacial score (nSPS) is 28.0. The van der Waals surface area contributed by atoms with Crippen LogP contribution in [0, 0.1) is 6.92 Å². The Kier molecular flexibility index (Phi) is 3.76. The second-order valence-electron chi connectivity index (χ2n) is 5.72. The molecule has 3 rings (SSSR count). The van der Waals surface area contributed by atoms with Crippen molar-refractivity contribution in [3.63, 3.8) is 0 Å². The third-order valence-corrected chi connectivity index (χ3v) is 4.36. The second-order valence-corrected chi connectivity index (χ2v) is 5.72. The van der Waals surface area contributed by atoms with Gasteiger partial charge in [-0.1, -0.05) is 5.16 Å². The molecular weight excluding hydrogens is 258 g/mol. The number of aliphatic hydroxyl groups excluding tert-OH is 1. The predicted octanol–water partition coefficient (Wildman–Crippen LogP) is 0.654. The van der Waals surface area contributed by atoms with Gasteiger partial charge in [0.25, 0.3) is 5.91 Å². The van der Waals surface area contributed by atoms with Gasteiger partial charge in [0, 0.05) is 38.3 Å². The maximum atomic E-state index is 12.2. The summed E-state index contributed by atoms with van der Waals surface area (Å²) in [6.45, 7) is 4.81. The summed E-state index contributed by atoms with van der Waals surface area (Å²) in [5.41, 5.74) is 0.386. The van der Waals surface area contributed by atoms with Crippen molar-refractivity contribution in [2.24, 2.45) is 0 Å². The van der Waals surface area contributed by atoms with Crippen molar-refractivity contribution in [2.75, 3.05) is 26.2 Å². The van der Waals surface area contributed by atoms with Crippen molar-refractivity contribution in [1.29, 1.82) is 0 Å². The van der Waals surface area contributed by atoms with E-state index in [4.69, 9.17) is 4.52 Å². The molecular formula is C14H21N3O3. The number of piperazine rings is 1. The Labute approximate surface area is 118 Å². The summed E-state index contributed by atoms with van der Waals surface area (Å²) in [6, 6.07) is 1.96. The fourth-order valence-electron chi connectivity index (χ4n) is 3.23. The van der Waals surface area contributed by atoms with Gasteiger partial charge in [-0.3, -0.25) is 9.69 Å². The van der Waals surface area contributed by atoms with Gasteiger partial charge in [-0.15, -0.1) is 0 Å². The highest BCUT2D eigenvalue weighted by Crippen LogP contribution is 2.25. The van der Waals surface area contributed by atoms with E-state index in [1.807, 2.05) is 4.90 Å². The minimum absolute atomic E-state index is 0.0616. The van der Waals surface area contributed by atoms with Gasteiger partial charge in [0.1, 0.15) is 5.76 Å². The molecule has 20 heavy (non-hydrogen) atoms. The molecule has 1 N–H and O–H groups in total. The Morgan fingerprint density at radius 1 is 1.35 bits per heavy atom. The third kappa shape index (κ3) is 2.58. The number of amides is 1. The predicted molar refractivity (Wildman–Crippen MR) is 72.4 cm³/mol. The lowest BCUT2D eigenvalue weighted by molar-refractivity contribution is 0.0311. The van der Waals surface area contributed by atoms with Gasteiger partial charge >= 0.3 is 0 Å². The summed E-state index contributed by atoms with van der Waals surface area (Å²) in [7, 11) is 0. The van der Waals surface area contributed by atoms with Crippen LogP contribution in [0.2, 0.25) is 0 Å². The number of carbonyl (C=O) groups is 1. The van der Waals surface area contributed by atoms with Gasteiger partial charge in [0.2, 0.25) is 0 Å². The van der Waals surface area contributed by atoms with Crippen LogP contribution in [0.5, 0.6) is 0 Å². The lowest BCUT2D eigenvalue weighted by Gasteiger charge is -2.38. The van der Waals surface area contributed by atoms with Crippen molar-refractivity contribution in [1.82, 2.24) is 15.0 Å². The molecule has 1 saturated heterocycles. The molecule has 0 radical (unpaired) electrons. The molecule has 2 aliphatic rings. The van der Waals surface area contributed by atoms with E-state index >= 15 is 0 Å². The topological polar surface area (TPSA) is 69.8 Å². The lowest BCUT2D eigenvalue weighted by Crippen LogP contribution is -2.53. The molecule has 1 aromatic heterocycles. The van der Waals surface area contributed by atoms with Gasteiger partial charge in [0.15, 0.2) is 5.69 Å². The van der Waals surface area contributed by atoms with Crippen LogP contribution in [0.3, 0.4) is 0 Å². The van der Waals surface area contributed by atoms with E-state index in [2.05, 4.69) is 10.1 Å². The van der Waals surface area contributed by atoms with E-state index in [0.29, 0.717) is 24.5 Å². The van der Waals surface area contributed by atoms with Crippen LogP contribution in [0.4, 0.5) is 0 Å². The SMILES string of the molecule is Cc1cc(C(=O)N2CCN([C@@H]3CCC[C@H]3O)CC2)no1. The highest BCUT2D eigenvalue weighted by Gasteiger charge is 2.33. The van der Waals surface area contributed by atoms with Gasteiger partial charge < -0.3 is 14.5 Å². The zero-order chi connectivity index (χ0) is 14.1. The zero-order valence-corrected chi connectivity index (χ0v) is 11.8. The standard InChI is InChI=1S/C14H21N3O3/c1-10-9-11(15-20-10)14(19)17-7-5-16(6-8-17)12-3-2-4-13(12)18/h9,12-13,18H,2-8H2,1H3/t12-,13-/m1/s1. The Morgan fingerprint density at radius 2 is 2.10 bits per heavy atom. The van der Waals surface area contributed by atoms with Crippen molar-refractivity contribution < 1.29 is 14.4 Å². The summed E-state index contributed by atoms with van der Waals surface area (Å²) < 4.78 is 4.95. The quantitative estimate of drug-likeness (QED) is 0.861. The first-order chi connectivity index (χ1) is 9.65. The number of aryl methyl sites for hydroxylation is 1. The summed E-state index contributed by atoms with van der Waals surface area (Å²) in [4.78, 5) is 16.4. The van der Waals surface area contributed by atoms with Crippen LogP contribution in [0.15, 0.2) is 10.6 Å².